The Morgan fingerprint density at radius 3 is 2.57 bits per heavy atom. The van der Waals surface area contributed by atoms with E-state index in [-0.39, 0.29) is 11.9 Å². The fourth-order valence-electron chi connectivity index (χ4n) is 2.22. The minimum atomic E-state index is -0.403. The van der Waals surface area contributed by atoms with Gasteiger partial charge in [-0.2, -0.15) is 5.10 Å². The van der Waals surface area contributed by atoms with Crippen LogP contribution in [0, 0.1) is 11.8 Å². The number of rotatable bonds is 7. The maximum Gasteiger partial charge on any atom is 0.309 e. The van der Waals surface area contributed by atoms with E-state index in [0.29, 0.717) is 5.92 Å². The monoisotopic (exact) mass is 294 g/mol. The van der Waals surface area contributed by atoms with Gasteiger partial charge in [-0.15, -0.1) is 0 Å². The van der Waals surface area contributed by atoms with Gasteiger partial charge in [-0.1, -0.05) is 19.9 Å². The number of hydrogen-bond donors (Lipinski definition) is 0. The molecular weight excluding hydrogens is 264 g/mol. The normalized spacial score (nSPS) is 19.7. The first kappa shape index (κ1) is 17.7. The van der Waals surface area contributed by atoms with Gasteiger partial charge in [-0.3, -0.25) is 9.80 Å². The summed E-state index contributed by atoms with van der Waals surface area (Å²) in [4.78, 5) is 12.1. The molecular formula is C17H30N2O2. The number of hydrazone groups is 1. The lowest BCUT2D eigenvalue weighted by Crippen LogP contribution is -2.29. The molecule has 1 heterocycles. The van der Waals surface area contributed by atoms with Gasteiger partial charge in [0.05, 0.1) is 5.92 Å². The maximum atomic E-state index is 12.1. The van der Waals surface area contributed by atoms with Gasteiger partial charge in [0.15, 0.2) is 0 Å². The zero-order valence-corrected chi connectivity index (χ0v) is 14.1. The molecule has 4 heteroatoms. The molecule has 4 nitrogen and oxygen atoms in total. The van der Waals surface area contributed by atoms with Gasteiger partial charge >= 0.3 is 5.97 Å². The molecule has 0 fully saturated rings. The van der Waals surface area contributed by atoms with Crippen LogP contribution in [0.25, 0.3) is 0 Å². The van der Waals surface area contributed by atoms with Gasteiger partial charge in [0.1, 0.15) is 5.60 Å². The van der Waals surface area contributed by atoms with Crippen LogP contribution in [0.5, 0.6) is 0 Å². The molecule has 2 atom stereocenters. The van der Waals surface area contributed by atoms with E-state index < -0.39 is 5.60 Å². The summed E-state index contributed by atoms with van der Waals surface area (Å²) >= 11 is 0. The number of hydrogen-bond acceptors (Lipinski definition) is 4. The first-order valence-electron chi connectivity index (χ1n) is 8.07. The molecule has 0 saturated carbocycles. The van der Waals surface area contributed by atoms with Crippen LogP contribution in [0.1, 0.15) is 60.3 Å². The maximum absolute atomic E-state index is 12.1. The average Bonchev–Trinajstić information content (AvgIpc) is 2.42. The van der Waals surface area contributed by atoms with Crippen LogP contribution in [-0.4, -0.2) is 29.3 Å². The third-order valence-electron chi connectivity index (χ3n) is 3.56. The number of allylic oxidation sites excluding steroid dienone is 1. The van der Waals surface area contributed by atoms with Crippen LogP contribution in [0.4, 0.5) is 0 Å². The van der Waals surface area contributed by atoms with Crippen LogP contribution in [-0.2, 0) is 9.53 Å². The SMILES string of the molecule is CCC1C=CN(CCCC(CC)C(=O)OC(C)(C)C)N=C1. The van der Waals surface area contributed by atoms with Crippen LogP contribution in [0.15, 0.2) is 17.4 Å². The van der Waals surface area contributed by atoms with Crippen molar-refractivity contribution in [1.29, 1.82) is 0 Å². The Kier molecular flexibility index (Phi) is 6.93. The summed E-state index contributed by atoms with van der Waals surface area (Å²) in [6.07, 6.45) is 9.92. The predicted molar refractivity (Wildman–Crippen MR) is 87.0 cm³/mol. The van der Waals surface area contributed by atoms with Gasteiger partial charge in [-0.05, 0) is 46.5 Å². The lowest BCUT2D eigenvalue weighted by Gasteiger charge is -2.24. The number of carbonyl (C=O) groups excluding carboxylic acids is 1. The summed E-state index contributed by atoms with van der Waals surface area (Å²) in [5.74, 6) is 0.380. The molecule has 2 unspecified atom stereocenters. The van der Waals surface area contributed by atoms with Gasteiger partial charge in [0, 0.05) is 24.9 Å². The molecule has 0 bridgehead atoms. The zero-order chi connectivity index (χ0) is 15.9. The number of nitrogens with zero attached hydrogens (tertiary/aromatic N) is 2. The number of ether oxygens (including phenoxy) is 1. The van der Waals surface area contributed by atoms with E-state index in [4.69, 9.17) is 4.74 Å². The minimum absolute atomic E-state index is 0.00892. The van der Waals surface area contributed by atoms with E-state index in [1.54, 1.807) is 0 Å². The number of carbonyl (C=O) groups is 1. The van der Waals surface area contributed by atoms with Crippen LogP contribution in [0.2, 0.25) is 0 Å². The predicted octanol–water partition coefficient (Wildman–Crippen LogP) is 3.98. The van der Waals surface area contributed by atoms with Gasteiger partial charge in [0.2, 0.25) is 0 Å². The Hall–Kier alpha value is -1.32. The van der Waals surface area contributed by atoms with Crippen LogP contribution in [0.3, 0.4) is 0 Å². The van der Waals surface area contributed by atoms with E-state index in [1.165, 1.54) is 0 Å². The molecule has 120 valence electrons. The standard InChI is InChI=1S/C17H30N2O2/c1-6-14-10-12-19(18-13-14)11-8-9-15(7-2)16(20)21-17(3,4)5/h10,12-15H,6-9,11H2,1-5H3. The molecule has 0 spiro atoms. The third-order valence-corrected chi connectivity index (χ3v) is 3.56. The summed E-state index contributed by atoms with van der Waals surface area (Å²) in [6.45, 7) is 10.8. The first-order valence-corrected chi connectivity index (χ1v) is 8.07. The Morgan fingerprint density at radius 2 is 2.10 bits per heavy atom. The molecule has 0 aromatic heterocycles. The first-order chi connectivity index (χ1) is 9.85. The molecule has 0 N–H and O–H groups in total. The smallest absolute Gasteiger partial charge is 0.309 e. The van der Waals surface area contributed by atoms with E-state index in [1.807, 2.05) is 45.1 Å². The molecule has 0 radical (unpaired) electrons. The highest BCUT2D eigenvalue weighted by atomic mass is 16.6. The van der Waals surface area contributed by atoms with Gasteiger partial charge in [0.25, 0.3) is 0 Å². The summed E-state index contributed by atoms with van der Waals surface area (Å²) in [5, 5.41) is 6.37. The van der Waals surface area contributed by atoms with Crippen molar-refractivity contribution in [3.63, 3.8) is 0 Å². The Morgan fingerprint density at radius 1 is 1.38 bits per heavy atom. The van der Waals surface area contributed by atoms with Crippen molar-refractivity contribution < 1.29 is 9.53 Å². The van der Waals surface area contributed by atoms with Gasteiger partial charge in [-0.25, -0.2) is 0 Å². The van der Waals surface area contributed by atoms with Crippen molar-refractivity contribution in [2.75, 3.05) is 6.54 Å². The average molecular weight is 294 g/mol. The van der Waals surface area contributed by atoms with E-state index in [9.17, 15) is 4.79 Å². The van der Waals surface area contributed by atoms with E-state index in [2.05, 4.69) is 18.1 Å². The van der Waals surface area contributed by atoms with Crippen molar-refractivity contribution in [2.24, 2.45) is 16.9 Å². The zero-order valence-electron chi connectivity index (χ0n) is 14.1. The molecule has 0 saturated heterocycles. The fraction of sp³-hybridized carbons (Fsp3) is 0.765. The highest BCUT2D eigenvalue weighted by molar-refractivity contribution is 5.72. The Labute approximate surface area is 129 Å². The molecule has 0 amide bonds. The summed E-state index contributed by atoms with van der Waals surface area (Å²) < 4.78 is 5.47. The second-order valence-corrected chi connectivity index (χ2v) is 6.62. The summed E-state index contributed by atoms with van der Waals surface area (Å²) in [5.41, 5.74) is -0.403. The fourth-order valence-corrected chi connectivity index (χ4v) is 2.22. The van der Waals surface area contributed by atoms with Crippen molar-refractivity contribution in [3.05, 3.63) is 12.3 Å². The van der Waals surface area contributed by atoms with Crippen LogP contribution >= 0.6 is 0 Å². The van der Waals surface area contributed by atoms with Crippen LogP contribution < -0.4 is 0 Å². The lowest BCUT2D eigenvalue weighted by atomic mass is 10.00. The molecule has 1 aliphatic heterocycles. The minimum Gasteiger partial charge on any atom is -0.460 e. The molecule has 1 rings (SSSR count). The molecule has 0 aliphatic carbocycles. The van der Waals surface area contributed by atoms with Crippen molar-refractivity contribution in [2.45, 2.75) is 65.9 Å². The molecule has 21 heavy (non-hydrogen) atoms. The van der Waals surface area contributed by atoms with Crippen molar-refractivity contribution >= 4 is 12.2 Å². The molecule has 1 aliphatic rings. The largest absolute Gasteiger partial charge is 0.460 e. The molecule has 0 aromatic rings. The van der Waals surface area contributed by atoms with Crippen molar-refractivity contribution in [1.82, 2.24) is 5.01 Å². The third kappa shape index (κ3) is 6.78. The Bertz CT molecular complexity index is 369. The highest BCUT2D eigenvalue weighted by Crippen LogP contribution is 2.18. The summed E-state index contributed by atoms with van der Waals surface area (Å²) in [6, 6.07) is 0. The quantitative estimate of drug-likeness (QED) is 0.667. The second kappa shape index (κ2) is 8.20. The highest BCUT2D eigenvalue weighted by Gasteiger charge is 2.23. The topological polar surface area (TPSA) is 41.9 Å². The summed E-state index contributed by atoms with van der Waals surface area (Å²) in [7, 11) is 0. The van der Waals surface area contributed by atoms with E-state index >= 15 is 0 Å². The number of esters is 1. The lowest BCUT2D eigenvalue weighted by molar-refractivity contribution is -0.160. The Balaban J connectivity index is 2.33. The van der Waals surface area contributed by atoms with Crippen molar-refractivity contribution in [3.8, 4) is 0 Å². The van der Waals surface area contributed by atoms with E-state index in [0.717, 1.165) is 32.2 Å². The van der Waals surface area contributed by atoms with Gasteiger partial charge < -0.3 is 4.74 Å². The molecule has 0 aromatic carbocycles. The second-order valence-electron chi connectivity index (χ2n) is 6.62.